The fourth-order valence-corrected chi connectivity index (χ4v) is 3.15. The standard InChI is InChI=1S/C18H15IO4/c1-10-4-6-11(7-5-10)8-14-17(20)15-12(21-2)9-13(22-3)16(19)18(15)23-14/h4-9H,1-3H3. The van der Waals surface area contributed by atoms with Gasteiger partial charge in [0.15, 0.2) is 11.5 Å². The number of Topliss-reactive ketones (excluding diaryl/α,β-unsaturated/α-hetero) is 1. The minimum atomic E-state index is -0.182. The van der Waals surface area contributed by atoms with Gasteiger partial charge in [-0.05, 0) is 41.2 Å². The first kappa shape index (κ1) is 15.9. The first-order valence-corrected chi connectivity index (χ1v) is 8.08. The quantitative estimate of drug-likeness (QED) is 0.549. The average Bonchev–Trinajstić information content (AvgIpc) is 2.88. The molecule has 0 saturated carbocycles. The fraction of sp³-hybridized carbons (Fsp3) is 0.167. The molecule has 23 heavy (non-hydrogen) atoms. The summed E-state index contributed by atoms with van der Waals surface area (Å²) in [4.78, 5) is 12.7. The third-order valence-corrected chi connectivity index (χ3v) is 4.65. The number of methoxy groups -OCH3 is 2. The summed E-state index contributed by atoms with van der Waals surface area (Å²) in [6.07, 6.45) is 1.74. The van der Waals surface area contributed by atoms with E-state index < -0.39 is 0 Å². The predicted octanol–water partition coefficient (Wildman–Crippen LogP) is 4.23. The number of allylic oxidation sites excluding steroid dienone is 1. The molecule has 0 N–H and O–H groups in total. The molecule has 0 unspecified atom stereocenters. The molecule has 5 heteroatoms. The van der Waals surface area contributed by atoms with E-state index in [-0.39, 0.29) is 11.5 Å². The van der Waals surface area contributed by atoms with E-state index in [0.29, 0.717) is 22.8 Å². The molecule has 3 rings (SSSR count). The Morgan fingerprint density at radius 3 is 2.35 bits per heavy atom. The van der Waals surface area contributed by atoms with Crippen LogP contribution in [0.5, 0.6) is 17.2 Å². The highest BCUT2D eigenvalue weighted by molar-refractivity contribution is 14.1. The minimum Gasteiger partial charge on any atom is -0.496 e. The van der Waals surface area contributed by atoms with Crippen LogP contribution in [0.4, 0.5) is 0 Å². The van der Waals surface area contributed by atoms with Crippen LogP contribution in [-0.4, -0.2) is 20.0 Å². The molecule has 0 atom stereocenters. The molecule has 1 heterocycles. The van der Waals surface area contributed by atoms with E-state index in [4.69, 9.17) is 14.2 Å². The molecule has 0 aliphatic carbocycles. The Morgan fingerprint density at radius 1 is 1.09 bits per heavy atom. The van der Waals surface area contributed by atoms with Crippen molar-refractivity contribution in [1.82, 2.24) is 0 Å². The van der Waals surface area contributed by atoms with Gasteiger partial charge in [-0.15, -0.1) is 0 Å². The van der Waals surface area contributed by atoms with E-state index in [1.807, 2.05) is 31.2 Å². The van der Waals surface area contributed by atoms with E-state index in [0.717, 1.165) is 14.7 Å². The number of benzene rings is 2. The predicted molar refractivity (Wildman–Crippen MR) is 96.4 cm³/mol. The van der Waals surface area contributed by atoms with Gasteiger partial charge in [0, 0.05) is 6.07 Å². The van der Waals surface area contributed by atoms with Crippen molar-refractivity contribution in [2.75, 3.05) is 14.2 Å². The van der Waals surface area contributed by atoms with Crippen LogP contribution in [0.15, 0.2) is 36.1 Å². The van der Waals surface area contributed by atoms with Crippen LogP contribution >= 0.6 is 22.6 Å². The molecule has 1 aliphatic rings. The van der Waals surface area contributed by atoms with Crippen LogP contribution in [0.1, 0.15) is 21.5 Å². The summed E-state index contributed by atoms with van der Waals surface area (Å²) in [7, 11) is 3.10. The zero-order valence-electron chi connectivity index (χ0n) is 13.0. The number of hydrogen-bond acceptors (Lipinski definition) is 4. The molecule has 0 amide bonds. The first-order valence-electron chi connectivity index (χ1n) is 7.00. The van der Waals surface area contributed by atoms with Crippen molar-refractivity contribution in [3.63, 3.8) is 0 Å². The van der Waals surface area contributed by atoms with Crippen molar-refractivity contribution >= 4 is 34.5 Å². The van der Waals surface area contributed by atoms with Crippen LogP contribution in [-0.2, 0) is 0 Å². The molecular formula is C18H15IO4. The van der Waals surface area contributed by atoms with Gasteiger partial charge < -0.3 is 14.2 Å². The summed E-state index contributed by atoms with van der Waals surface area (Å²) in [5, 5.41) is 0. The van der Waals surface area contributed by atoms with Gasteiger partial charge in [-0.3, -0.25) is 4.79 Å². The van der Waals surface area contributed by atoms with E-state index in [9.17, 15) is 4.79 Å². The molecule has 4 nitrogen and oxygen atoms in total. The lowest BCUT2D eigenvalue weighted by atomic mass is 10.1. The van der Waals surface area contributed by atoms with Gasteiger partial charge in [0.05, 0.1) is 17.8 Å². The van der Waals surface area contributed by atoms with Crippen molar-refractivity contribution in [3.05, 3.63) is 56.4 Å². The summed E-state index contributed by atoms with van der Waals surface area (Å²) >= 11 is 2.11. The van der Waals surface area contributed by atoms with Gasteiger partial charge in [-0.1, -0.05) is 29.8 Å². The maximum Gasteiger partial charge on any atom is 0.235 e. The Hall–Kier alpha value is -2.02. The van der Waals surface area contributed by atoms with Gasteiger partial charge >= 0.3 is 0 Å². The largest absolute Gasteiger partial charge is 0.496 e. The smallest absolute Gasteiger partial charge is 0.235 e. The normalized spacial score (nSPS) is 14.6. The molecule has 2 aromatic rings. The third-order valence-electron chi connectivity index (χ3n) is 3.63. The highest BCUT2D eigenvalue weighted by atomic mass is 127. The second kappa shape index (κ2) is 6.23. The zero-order chi connectivity index (χ0) is 16.6. The Morgan fingerprint density at radius 2 is 1.74 bits per heavy atom. The number of carbonyl (C=O) groups is 1. The summed E-state index contributed by atoms with van der Waals surface area (Å²) < 4.78 is 17.2. The maximum absolute atomic E-state index is 12.7. The second-order valence-electron chi connectivity index (χ2n) is 5.15. The fourth-order valence-electron chi connectivity index (χ4n) is 2.40. The van der Waals surface area contributed by atoms with E-state index in [2.05, 4.69) is 22.6 Å². The molecule has 118 valence electrons. The van der Waals surface area contributed by atoms with Crippen molar-refractivity contribution in [3.8, 4) is 17.2 Å². The zero-order valence-corrected chi connectivity index (χ0v) is 15.1. The minimum absolute atomic E-state index is 0.182. The highest BCUT2D eigenvalue weighted by Gasteiger charge is 2.34. The summed E-state index contributed by atoms with van der Waals surface area (Å²) in [6.45, 7) is 2.02. The van der Waals surface area contributed by atoms with Gasteiger partial charge in [0.1, 0.15) is 17.1 Å². The van der Waals surface area contributed by atoms with E-state index in [1.165, 1.54) is 7.11 Å². The lowest BCUT2D eigenvalue weighted by Crippen LogP contribution is -2.00. The number of carbonyl (C=O) groups excluding carboxylic acids is 1. The second-order valence-corrected chi connectivity index (χ2v) is 6.23. The van der Waals surface area contributed by atoms with Gasteiger partial charge in [-0.25, -0.2) is 0 Å². The monoisotopic (exact) mass is 422 g/mol. The number of rotatable bonds is 3. The molecular weight excluding hydrogens is 407 g/mol. The Bertz CT molecular complexity index is 807. The number of ether oxygens (including phenoxy) is 3. The van der Waals surface area contributed by atoms with Crippen LogP contribution in [0.25, 0.3) is 6.08 Å². The number of fused-ring (bicyclic) bond motifs is 1. The first-order chi connectivity index (χ1) is 11.0. The average molecular weight is 422 g/mol. The maximum atomic E-state index is 12.7. The molecule has 1 aliphatic heterocycles. The SMILES string of the molecule is COc1cc(OC)c2c(c1I)OC(=Cc1ccc(C)cc1)C2=O. The topological polar surface area (TPSA) is 44.8 Å². The van der Waals surface area contributed by atoms with Crippen molar-refractivity contribution in [1.29, 1.82) is 0 Å². The Labute approximate surface area is 148 Å². The molecule has 0 radical (unpaired) electrons. The molecule has 0 saturated heterocycles. The summed E-state index contributed by atoms with van der Waals surface area (Å²) in [6, 6.07) is 9.59. The lowest BCUT2D eigenvalue weighted by Gasteiger charge is -2.10. The molecule has 0 spiro atoms. The van der Waals surface area contributed by atoms with E-state index in [1.54, 1.807) is 19.3 Å². The van der Waals surface area contributed by atoms with Gasteiger partial charge in [-0.2, -0.15) is 0 Å². The van der Waals surface area contributed by atoms with Crippen LogP contribution in [0, 0.1) is 10.5 Å². The van der Waals surface area contributed by atoms with E-state index >= 15 is 0 Å². The van der Waals surface area contributed by atoms with Crippen LogP contribution in [0.3, 0.4) is 0 Å². The molecule has 2 aromatic carbocycles. The third kappa shape index (κ3) is 2.81. The van der Waals surface area contributed by atoms with Crippen molar-refractivity contribution in [2.45, 2.75) is 6.92 Å². The molecule has 0 aromatic heterocycles. The Kier molecular flexibility index (Phi) is 4.30. The van der Waals surface area contributed by atoms with Crippen molar-refractivity contribution in [2.24, 2.45) is 0 Å². The summed E-state index contributed by atoms with van der Waals surface area (Å²) in [5.41, 5.74) is 2.51. The Balaban J connectivity index is 2.08. The number of aryl methyl sites for hydroxylation is 1. The van der Waals surface area contributed by atoms with Gasteiger partial charge in [0.2, 0.25) is 5.78 Å². The van der Waals surface area contributed by atoms with Crippen LogP contribution in [0.2, 0.25) is 0 Å². The molecule has 0 bridgehead atoms. The van der Waals surface area contributed by atoms with Gasteiger partial charge in [0.25, 0.3) is 0 Å². The molecule has 0 fully saturated rings. The summed E-state index contributed by atoms with van der Waals surface area (Å²) in [5.74, 6) is 1.66. The van der Waals surface area contributed by atoms with Crippen molar-refractivity contribution < 1.29 is 19.0 Å². The number of halogens is 1. The number of ketones is 1. The lowest BCUT2D eigenvalue weighted by molar-refractivity contribution is 0.101. The number of hydrogen-bond donors (Lipinski definition) is 0. The van der Waals surface area contributed by atoms with Crippen LogP contribution < -0.4 is 14.2 Å². The highest BCUT2D eigenvalue weighted by Crippen LogP contribution is 2.45.